The lowest BCUT2D eigenvalue weighted by Crippen LogP contribution is -2.42. The molecule has 3 aromatic rings. The van der Waals surface area contributed by atoms with Gasteiger partial charge >= 0.3 is 11.1 Å². The van der Waals surface area contributed by atoms with Crippen molar-refractivity contribution in [2.24, 2.45) is 0 Å². The quantitative estimate of drug-likeness (QED) is 0.572. The van der Waals surface area contributed by atoms with Crippen molar-refractivity contribution in [2.45, 2.75) is 20.0 Å². The summed E-state index contributed by atoms with van der Waals surface area (Å²) in [5.74, 6) is 0.847. The van der Waals surface area contributed by atoms with Gasteiger partial charge in [-0.3, -0.25) is 23.5 Å². The molecule has 0 saturated carbocycles. The van der Waals surface area contributed by atoms with Crippen molar-refractivity contribution in [1.82, 2.24) is 14.5 Å². The molecule has 0 saturated heterocycles. The summed E-state index contributed by atoms with van der Waals surface area (Å²) in [5.41, 5.74) is -0.187. The van der Waals surface area contributed by atoms with E-state index in [1.165, 1.54) is 17.0 Å². The van der Waals surface area contributed by atoms with E-state index in [0.29, 0.717) is 24.6 Å². The highest BCUT2D eigenvalue weighted by molar-refractivity contribution is 5.75. The zero-order valence-corrected chi connectivity index (χ0v) is 16.8. The number of carbonyl (C=O) groups excluding carboxylic acids is 1. The number of aromatic nitrogens is 2. The van der Waals surface area contributed by atoms with Crippen LogP contribution in [0.3, 0.4) is 0 Å². The van der Waals surface area contributed by atoms with Gasteiger partial charge in [-0.1, -0.05) is 24.3 Å². The second-order valence-electron chi connectivity index (χ2n) is 6.43. The molecule has 0 fully saturated rings. The summed E-state index contributed by atoms with van der Waals surface area (Å²) in [6.07, 6.45) is 2.87. The summed E-state index contributed by atoms with van der Waals surface area (Å²) in [5, 5.41) is 2.74. The van der Waals surface area contributed by atoms with Gasteiger partial charge in [0, 0.05) is 18.9 Å². The zero-order valence-electron chi connectivity index (χ0n) is 16.8. The van der Waals surface area contributed by atoms with Crippen LogP contribution in [0.1, 0.15) is 12.5 Å². The fourth-order valence-corrected chi connectivity index (χ4v) is 2.91. The number of carbonyl (C=O) groups is 1. The Hall–Kier alpha value is -3.81. The second kappa shape index (κ2) is 9.60. The highest BCUT2D eigenvalue weighted by Crippen LogP contribution is 2.20. The van der Waals surface area contributed by atoms with E-state index in [0.717, 1.165) is 15.9 Å². The summed E-state index contributed by atoms with van der Waals surface area (Å²) < 4.78 is 12.9. The largest absolute Gasteiger partial charge is 0.497 e. The molecule has 0 atom stereocenters. The molecule has 0 unspecified atom stereocenters. The third-order valence-electron chi connectivity index (χ3n) is 4.45. The predicted octanol–water partition coefficient (Wildman–Crippen LogP) is 1.72. The summed E-state index contributed by atoms with van der Waals surface area (Å²) in [4.78, 5) is 37.3. The van der Waals surface area contributed by atoms with Crippen molar-refractivity contribution in [3.8, 4) is 17.2 Å². The lowest BCUT2D eigenvalue weighted by Gasteiger charge is -2.13. The van der Waals surface area contributed by atoms with Gasteiger partial charge in [0.25, 0.3) is 0 Å². The molecule has 156 valence electrons. The highest BCUT2D eigenvalue weighted by Gasteiger charge is 2.12. The summed E-state index contributed by atoms with van der Waals surface area (Å²) in [7, 11) is 1.58. The van der Waals surface area contributed by atoms with Crippen molar-refractivity contribution in [2.75, 3.05) is 13.7 Å². The van der Waals surface area contributed by atoms with Gasteiger partial charge in [-0.05, 0) is 36.8 Å². The molecule has 1 N–H and O–H groups in total. The van der Waals surface area contributed by atoms with E-state index >= 15 is 0 Å². The van der Waals surface area contributed by atoms with Crippen LogP contribution in [0.4, 0.5) is 0 Å². The highest BCUT2D eigenvalue weighted by atomic mass is 16.5. The van der Waals surface area contributed by atoms with E-state index in [1.54, 1.807) is 43.5 Å². The van der Waals surface area contributed by atoms with Crippen LogP contribution in [0.2, 0.25) is 0 Å². The number of rotatable bonds is 8. The molecule has 3 rings (SSSR count). The van der Waals surface area contributed by atoms with Crippen LogP contribution in [0.25, 0.3) is 5.69 Å². The van der Waals surface area contributed by atoms with Crippen LogP contribution >= 0.6 is 0 Å². The molecule has 0 aliphatic heterocycles. The standard InChI is InChI=1S/C22H23N3O5/c1-3-30-19-7-5-4-6-18(19)25-13-12-24(21(27)22(25)28)15-20(26)23-14-16-8-10-17(29-2)11-9-16/h4-13H,3,14-15H2,1-2H3,(H,23,26). The van der Waals surface area contributed by atoms with Gasteiger partial charge in [0.15, 0.2) is 0 Å². The Balaban J connectivity index is 1.73. The topological polar surface area (TPSA) is 91.6 Å². The number of amides is 1. The van der Waals surface area contributed by atoms with Crippen LogP contribution in [0.15, 0.2) is 70.5 Å². The number of methoxy groups -OCH3 is 1. The van der Waals surface area contributed by atoms with Crippen molar-refractivity contribution in [1.29, 1.82) is 0 Å². The SMILES string of the molecule is CCOc1ccccc1-n1ccn(CC(=O)NCc2ccc(OC)cc2)c(=O)c1=O. The Morgan fingerprint density at radius 2 is 1.73 bits per heavy atom. The summed E-state index contributed by atoms with van der Waals surface area (Å²) in [6, 6.07) is 14.2. The smallest absolute Gasteiger partial charge is 0.321 e. The van der Waals surface area contributed by atoms with Crippen LogP contribution in [-0.2, 0) is 17.9 Å². The maximum absolute atomic E-state index is 12.6. The minimum Gasteiger partial charge on any atom is -0.497 e. The summed E-state index contributed by atoms with van der Waals surface area (Å²) >= 11 is 0. The molecule has 0 radical (unpaired) electrons. The van der Waals surface area contributed by atoms with Crippen molar-refractivity contribution in [3.05, 3.63) is 87.2 Å². The van der Waals surface area contributed by atoms with Crippen molar-refractivity contribution < 1.29 is 14.3 Å². The average molecular weight is 409 g/mol. The lowest BCUT2D eigenvalue weighted by molar-refractivity contribution is -0.121. The van der Waals surface area contributed by atoms with Gasteiger partial charge in [0.1, 0.15) is 18.0 Å². The van der Waals surface area contributed by atoms with E-state index in [-0.39, 0.29) is 12.5 Å². The molecular formula is C22H23N3O5. The first kappa shape index (κ1) is 20.9. The van der Waals surface area contributed by atoms with E-state index in [9.17, 15) is 14.4 Å². The van der Waals surface area contributed by atoms with Crippen molar-refractivity contribution in [3.63, 3.8) is 0 Å². The average Bonchev–Trinajstić information content (AvgIpc) is 2.77. The molecule has 30 heavy (non-hydrogen) atoms. The van der Waals surface area contributed by atoms with E-state index < -0.39 is 11.1 Å². The number of benzene rings is 2. The molecule has 0 spiro atoms. The molecule has 1 heterocycles. The maximum atomic E-state index is 12.6. The van der Waals surface area contributed by atoms with Crippen LogP contribution in [0, 0.1) is 0 Å². The predicted molar refractivity (Wildman–Crippen MR) is 112 cm³/mol. The van der Waals surface area contributed by atoms with Crippen molar-refractivity contribution >= 4 is 5.91 Å². The first-order chi connectivity index (χ1) is 14.5. The molecule has 1 amide bonds. The van der Waals surface area contributed by atoms with Crippen LogP contribution in [-0.4, -0.2) is 28.8 Å². The number of ether oxygens (including phenoxy) is 2. The molecular weight excluding hydrogens is 386 g/mol. The van der Waals surface area contributed by atoms with E-state index in [1.807, 2.05) is 19.1 Å². The minimum absolute atomic E-state index is 0.252. The third kappa shape index (κ3) is 4.78. The fraction of sp³-hybridized carbons (Fsp3) is 0.227. The molecule has 8 heteroatoms. The van der Waals surface area contributed by atoms with Gasteiger partial charge in [-0.2, -0.15) is 0 Å². The maximum Gasteiger partial charge on any atom is 0.321 e. The molecule has 0 aliphatic carbocycles. The molecule has 1 aromatic heterocycles. The number of hydrogen-bond acceptors (Lipinski definition) is 5. The molecule has 8 nitrogen and oxygen atoms in total. The lowest BCUT2D eigenvalue weighted by atomic mass is 10.2. The minimum atomic E-state index is -0.789. The number of hydrogen-bond donors (Lipinski definition) is 1. The van der Waals surface area contributed by atoms with Gasteiger partial charge in [0.05, 0.1) is 19.4 Å². The van der Waals surface area contributed by atoms with Gasteiger partial charge in [-0.25, -0.2) is 0 Å². The number of nitrogens with zero attached hydrogens (tertiary/aromatic N) is 2. The van der Waals surface area contributed by atoms with Crippen LogP contribution in [0.5, 0.6) is 11.5 Å². The molecule has 0 aliphatic rings. The normalized spacial score (nSPS) is 10.5. The Morgan fingerprint density at radius 1 is 1.00 bits per heavy atom. The van der Waals surface area contributed by atoms with Crippen LogP contribution < -0.4 is 25.9 Å². The Morgan fingerprint density at radius 3 is 2.43 bits per heavy atom. The van der Waals surface area contributed by atoms with E-state index in [2.05, 4.69) is 5.32 Å². The fourth-order valence-electron chi connectivity index (χ4n) is 2.91. The second-order valence-corrected chi connectivity index (χ2v) is 6.43. The van der Waals surface area contributed by atoms with Gasteiger partial charge in [0.2, 0.25) is 5.91 Å². The Kier molecular flexibility index (Phi) is 6.69. The monoisotopic (exact) mass is 409 g/mol. The summed E-state index contributed by atoms with van der Waals surface area (Å²) in [6.45, 7) is 2.31. The first-order valence-corrected chi connectivity index (χ1v) is 9.47. The number of nitrogens with one attached hydrogen (secondary N) is 1. The Bertz CT molecular complexity index is 1130. The molecule has 2 aromatic carbocycles. The molecule has 0 bridgehead atoms. The number of para-hydroxylation sites is 2. The van der Waals surface area contributed by atoms with E-state index in [4.69, 9.17) is 9.47 Å². The first-order valence-electron chi connectivity index (χ1n) is 9.47. The Labute approximate surface area is 173 Å². The zero-order chi connectivity index (χ0) is 21.5. The van der Waals surface area contributed by atoms with Gasteiger partial charge in [-0.15, -0.1) is 0 Å². The third-order valence-corrected chi connectivity index (χ3v) is 4.45. The van der Waals surface area contributed by atoms with Gasteiger partial charge < -0.3 is 14.8 Å².